The lowest BCUT2D eigenvalue weighted by Gasteiger charge is -2.29. The van der Waals surface area contributed by atoms with Crippen molar-refractivity contribution in [3.63, 3.8) is 0 Å². The van der Waals surface area contributed by atoms with Gasteiger partial charge in [0.05, 0.1) is 40.2 Å². The van der Waals surface area contributed by atoms with E-state index in [2.05, 4.69) is 6.08 Å². The Kier molecular flexibility index (Phi) is 9.64. The second kappa shape index (κ2) is 13.9. The lowest BCUT2D eigenvalue weighted by atomic mass is 9.77. The largest absolute Gasteiger partial charge is 0.497 e. The van der Waals surface area contributed by atoms with Crippen LogP contribution in [0.4, 0.5) is 0 Å². The molecule has 1 saturated carbocycles. The van der Waals surface area contributed by atoms with E-state index in [-0.39, 0.29) is 12.0 Å². The number of esters is 1. The van der Waals surface area contributed by atoms with Gasteiger partial charge in [0.1, 0.15) is 23.0 Å². The molecular formula is C35H36N2O7. The minimum Gasteiger partial charge on any atom is -0.497 e. The predicted octanol–water partition coefficient (Wildman–Crippen LogP) is 6.10. The monoisotopic (exact) mass is 596 g/mol. The molecule has 0 radical (unpaired) electrons. The van der Waals surface area contributed by atoms with Crippen LogP contribution in [0.2, 0.25) is 0 Å². The molecule has 3 aromatic carbocycles. The van der Waals surface area contributed by atoms with E-state index >= 15 is 0 Å². The van der Waals surface area contributed by atoms with Gasteiger partial charge in [-0.1, -0.05) is 24.3 Å². The Morgan fingerprint density at radius 3 is 2.18 bits per heavy atom. The number of benzene rings is 3. The van der Waals surface area contributed by atoms with E-state index in [1.54, 1.807) is 45.6 Å². The molecule has 0 aromatic heterocycles. The topological polar surface area (TPSA) is 95.9 Å². The zero-order chi connectivity index (χ0) is 31.1. The Hall–Kier alpha value is -5.05. The van der Waals surface area contributed by atoms with Gasteiger partial charge in [-0.3, -0.25) is 4.79 Å². The van der Waals surface area contributed by atoms with Crippen LogP contribution in [0.3, 0.4) is 0 Å². The first kappa shape index (κ1) is 30.4. The molecule has 9 nitrogen and oxygen atoms in total. The Morgan fingerprint density at radius 1 is 0.864 bits per heavy atom. The molecule has 0 bridgehead atoms. The number of hydrazone groups is 1. The van der Waals surface area contributed by atoms with E-state index in [4.69, 9.17) is 28.8 Å². The number of rotatable bonds is 10. The maximum atomic E-state index is 13.6. The van der Waals surface area contributed by atoms with Crippen LogP contribution in [-0.4, -0.2) is 57.6 Å². The Labute approximate surface area is 257 Å². The summed E-state index contributed by atoms with van der Waals surface area (Å²) >= 11 is 0. The van der Waals surface area contributed by atoms with Crippen LogP contribution >= 0.6 is 0 Å². The highest BCUT2D eigenvalue weighted by molar-refractivity contribution is 6.08. The molecule has 1 fully saturated rings. The predicted molar refractivity (Wildman–Crippen MR) is 168 cm³/mol. The van der Waals surface area contributed by atoms with Gasteiger partial charge in [0, 0.05) is 23.6 Å². The van der Waals surface area contributed by atoms with Crippen molar-refractivity contribution >= 4 is 29.7 Å². The fourth-order valence-electron chi connectivity index (χ4n) is 5.60. The van der Waals surface area contributed by atoms with Crippen LogP contribution in [0.1, 0.15) is 42.0 Å². The highest BCUT2D eigenvalue weighted by Crippen LogP contribution is 2.44. The molecule has 2 atom stereocenters. The molecule has 9 heteroatoms. The van der Waals surface area contributed by atoms with Crippen molar-refractivity contribution in [2.24, 2.45) is 11.0 Å². The van der Waals surface area contributed by atoms with E-state index in [0.29, 0.717) is 17.1 Å². The first-order valence-corrected chi connectivity index (χ1v) is 14.4. The molecule has 1 aliphatic heterocycles. The SMILES string of the molecule is COc1ccc(/C=C2/CCC[C@H]3C2=NN(C(=O)COC(=O)/C=C/c2ccc(OC)cc2OC)[C@@H]3c2ccc(OC)cc2)cc1. The number of allylic oxidation sites excluding steroid dienone is 1. The highest BCUT2D eigenvalue weighted by atomic mass is 16.5. The summed E-state index contributed by atoms with van der Waals surface area (Å²) in [7, 11) is 6.36. The second-order valence-corrected chi connectivity index (χ2v) is 10.4. The quantitative estimate of drug-likeness (QED) is 0.206. The van der Waals surface area contributed by atoms with Crippen molar-refractivity contribution < 1.29 is 33.3 Å². The smallest absolute Gasteiger partial charge is 0.331 e. The van der Waals surface area contributed by atoms with Gasteiger partial charge in [-0.05, 0) is 84.5 Å². The summed E-state index contributed by atoms with van der Waals surface area (Å²) in [5.41, 5.74) is 4.62. The van der Waals surface area contributed by atoms with Gasteiger partial charge >= 0.3 is 5.97 Å². The maximum Gasteiger partial charge on any atom is 0.331 e. The zero-order valence-corrected chi connectivity index (χ0v) is 25.3. The Balaban J connectivity index is 1.36. The third kappa shape index (κ3) is 6.78. The van der Waals surface area contributed by atoms with Gasteiger partial charge in [-0.25, -0.2) is 9.80 Å². The molecule has 1 aliphatic carbocycles. The van der Waals surface area contributed by atoms with Crippen molar-refractivity contribution in [3.8, 4) is 23.0 Å². The van der Waals surface area contributed by atoms with Crippen LogP contribution in [0, 0.1) is 5.92 Å². The van der Waals surface area contributed by atoms with Crippen LogP contribution in [0.25, 0.3) is 12.2 Å². The summed E-state index contributed by atoms with van der Waals surface area (Å²) < 4.78 is 26.6. The molecule has 1 amide bonds. The number of carbonyl (C=O) groups is 2. The molecule has 228 valence electrons. The van der Waals surface area contributed by atoms with E-state index < -0.39 is 18.5 Å². The molecule has 0 saturated heterocycles. The molecular weight excluding hydrogens is 560 g/mol. The van der Waals surface area contributed by atoms with E-state index in [1.165, 1.54) is 18.2 Å². The van der Waals surface area contributed by atoms with Crippen LogP contribution in [-0.2, 0) is 14.3 Å². The summed E-state index contributed by atoms with van der Waals surface area (Å²) in [6.45, 7) is -0.448. The molecule has 0 N–H and O–H groups in total. The van der Waals surface area contributed by atoms with Crippen molar-refractivity contribution in [1.29, 1.82) is 0 Å². The number of fused-ring (bicyclic) bond motifs is 1. The number of nitrogens with zero attached hydrogens (tertiary/aromatic N) is 2. The van der Waals surface area contributed by atoms with Gasteiger partial charge in [0.15, 0.2) is 6.61 Å². The van der Waals surface area contributed by atoms with Crippen LogP contribution < -0.4 is 18.9 Å². The minimum absolute atomic E-state index is 0.00345. The van der Waals surface area contributed by atoms with Gasteiger partial charge in [-0.15, -0.1) is 0 Å². The third-order valence-electron chi connectivity index (χ3n) is 7.85. The van der Waals surface area contributed by atoms with E-state index in [1.807, 2.05) is 48.5 Å². The Bertz CT molecular complexity index is 1580. The summed E-state index contributed by atoms with van der Waals surface area (Å²) in [6, 6.07) is 20.5. The first-order chi connectivity index (χ1) is 21.4. The summed E-state index contributed by atoms with van der Waals surface area (Å²) in [4.78, 5) is 26.2. The zero-order valence-electron chi connectivity index (χ0n) is 25.3. The fourth-order valence-corrected chi connectivity index (χ4v) is 5.60. The standard InChI is InChI=1S/C35H36N2O7/c1-40-27-14-8-23(9-15-27)20-26-6-5-7-30-34(26)36-37(35(30)25-11-16-28(41-2)17-12-25)32(38)22-44-33(39)19-13-24-10-18-29(42-3)21-31(24)43-4/h8-21,30,35H,5-7,22H2,1-4H3/b19-13+,26-20-/t30-,35+/m0/s1. The normalized spacial score (nSPS) is 18.5. The summed E-state index contributed by atoms with van der Waals surface area (Å²) in [5.74, 6) is 1.64. The van der Waals surface area contributed by atoms with Crippen molar-refractivity contribution in [1.82, 2.24) is 5.01 Å². The lowest BCUT2D eigenvalue weighted by Crippen LogP contribution is -2.34. The van der Waals surface area contributed by atoms with Crippen LogP contribution in [0.5, 0.6) is 23.0 Å². The van der Waals surface area contributed by atoms with E-state index in [0.717, 1.165) is 53.2 Å². The minimum atomic E-state index is -0.651. The summed E-state index contributed by atoms with van der Waals surface area (Å²) in [5, 5.41) is 6.36. The van der Waals surface area contributed by atoms with Crippen LogP contribution in [0.15, 0.2) is 83.5 Å². The Morgan fingerprint density at radius 2 is 1.52 bits per heavy atom. The fraction of sp³-hybridized carbons (Fsp3) is 0.286. The average molecular weight is 597 g/mol. The maximum absolute atomic E-state index is 13.6. The number of methoxy groups -OCH3 is 4. The molecule has 2 aliphatic rings. The van der Waals surface area contributed by atoms with Crippen molar-refractivity contribution in [2.45, 2.75) is 25.3 Å². The van der Waals surface area contributed by atoms with E-state index in [9.17, 15) is 9.59 Å². The van der Waals surface area contributed by atoms with Gasteiger partial charge < -0.3 is 23.7 Å². The highest BCUT2D eigenvalue weighted by Gasteiger charge is 2.43. The van der Waals surface area contributed by atoms with Gasteiger partial charge in [0.2, 0.25) is 0 Å². The average Bonchev–Trinajstić information content (AvgIpc) is 3.47. The molecule has 0 spiro atoms. The van der Waals surface area contributed by atoms with Crippen molar-refractivity contribution in [2.75, 3.05) is 35.0 Å². The number of hydrogen-bond donors (Lipinski definition) is 0. The molecule has 44 heavy (non-hydrogen) atoms. The first-order valence-electron chi connectivity index (χ1n) is 14.4. The summed E-state index contributed by atoms with van der Waals surface area (Å²) in [6.07, 6.45) is 7.67. The molecule has 5 rings (SSSR count). The molecule has 1 heterocycles. The van der Waals surface area contributed by atoms with Gasteiger partial charge in [0.25, 0.3) is 5.91 Å². The van der Waals surface area contributed by atoms with Crippen molar-refractivity contribution in [3.05, 3.63) is 95.1 Å². The number of hydrogen-bond acceptors (Lipinski definition) is 8. The number of carbonyl (C=O) groups excluding carboxylic acids is 2. The molecule has 3 aromatic rings. The van der Waals surface area contributed by atoms with Gasteiger partial charge in [-0.2, -0.15) is 5.10 Å². The lowest BCUT2D eigenvalue weighted by molar-refractivity contribution is -0.149. The number of amides is 1. The number of ether oxygens (including phenoxy) is 5. The third-order valence-corrected chi connectivity index (χ3v) is 7.85. The second-order valence-electron chi connectivity index (χ2n) is 10.4. The molecule has 0 unspecified atom stereocenters.